The van der Waals surface area contributed by atoms with Crippen molar-refractivity contribution in [3.05, 3.63) is 65.7 Å². The second-order valence-electron chi connectivity index (χ2n) is 7.28. The van der Waals surface area contributed by atoms with Crippen LogP contribution in [0.4, 0.5) is 11.6 Å². The zero-order chi connectivity index (χ0) is 18.6. The van der Waals surface area contributed by atoms with E-state index in [1.807, 2.05) is 49.2 Å². The molecule has 6 heteroatoms. The summed E-state index contributed by atoms with van der Waals surface area (Å²) >= 11 is 0. The molecule has 0 saturated carbocycles. The molecule has 1 saturated heterocycles. The predicted molar refractivity (Wildman–Crippen MR) is 107 cm³/mol. The highest BCUT2D eigenvalue weighted by Gasteiger charge is 2.22. The molecular weight excluding hydrogens is 336 g/mol. The fourth-order valence-corrected chi connectivity index (χ4v) is 3.77. The number of rotatable bonds is 5. The van der Waals surface area contributed by atoms with E-state index in [2.05, 4.69) is 43.5 Å². The Morgan fingerprint density at radius 1 is 1.15 bits per heavy atom. The van der Waals surface area contributed by atoms with Crippen molar-refractivity contribution in [3.63, 3.8) is 0 Å². The molecule has 0 amide bonds. The van der Waals surface area contributed by atoms with Crippen LogP contribution in [0.5, 0.6) is 0 Å². The molecule has 1 fully saturated rings. The minimum Gasteiger partial charge on any atom is -0.325 e. The van der Waals surface area contributed by atoms with Gasteiger partial charge in [-0.3, -0.25) is 9.58 Å². The third kappa shape index (κ3) is 4.34. The lowest BCUT2D eigenvalue weighted by Gasteiger charge is -2.33. The molecule has 4 heterocycles. The summed E-state index contributed by atoms with van der Waals surface area (Å²) in [5.41, 5.74) is 3.60. The maximum absolute atomic E-state index is 4.51. The average molecular weight is 362 g/mol. The summed E-state index contributed by atoms with van der Waals surface area (Å²) in [4.78, 5) is 11.5. The highest BCUT2D eigenvalue weighted by Crippen LogP contribution is 2.29. The molecule has 0 bridgehead atoms. The summed E-state index contributed by atoms with van der Waals surface area (Å²) in [5, 5.41) is 7.62. The predicted octanol–water partition coefficient (Wildman–Crippen LogP) is 3.64. The molecule has 0 radical (unpaired) electrons. The van der Waals surface area contributed by atoms with Gasteiger partial charge in [0.05, 0.1) is 5.69 Å². The average Bonchev–Trinajstić information content (AvgIpc) is 3.07. The van der Waals surface area contributed by atoms with E-state index < -0.39 is 0 Å². The van der Waals surface area contributed by atoms with Crippen LogP contribution in [0.25, 0.3) is 0 Å². The number of nitrogens with zero attached hydrogens (tertiary/aromatic N) is 5. The number of hydrogen-bond acceptors (Lipinski definition) is 5. The lowest BCUT2D eigenvalue weighted by Crippen LogP contribution is -2.34. The van der Waals surface area contributed by atoms with Crippen LogP contribution in [0.15, 0.2) is 48.8 Å². The second-order valence-corrected chi connectivity index (χ2v) is 7.28. The standard InChI is InChI=1S/C21H26N6/c1-16-5-3-7-20(24-16)25-21-13-17(8-10-22-21)18-6-4-12-27(14-18)15-19-9-11-23-26(19)2/h3,5,7-11,13,18H,4,6,12,14-15H2,1-2H3,(H,22,24,25). The van der Waals surface area contributed by atoms with E-state index in [1.54, 1.807) is 0 Å². The van der Waals surface area contributed by atoms with E-state index in [9.17, 15) is 0 Å². The number of pyridine rings is 2. The highest BCUT2D eigenvalue weighted by atomic mass is 15.3. The van der Waals surface area contributed by atoms with Crippen LogP contribution in [0.2, 0.25) is 0 Å². The largest absolute Gasteiger partial charge is 0.325 e. The van der Waals surface area contributed by atoms with E-state index in [0.29, 0.717) is 5.92 Å². The Kier molecular flexibility index (Phi) is 5.16. The van der Waals surface area contributed by atoms with Gasteiger partial charge in [-0.05, 0) is 68.1 Å². The first-order valence-electron chi connectivity index (χ1n) is 9.53. The van der Waals surface area contributed by atoms with E-state index in [0.717, 1.165) is 37.0 Å². The van der Waals surface area contributed by atoms with Crippen molar-refractivity contribution in [2.24, 2.45) is 7.05 Å². The first-order valence-corrected chi connectivity index (χ1v) is 9.53. The molecule has 0 aliphatic carbocycles. The van der Waals surface area contributed by atoms with Gasteiger partial charge in [0.1, 0.15) is 11.6 Å². The normalized spacial score (nSPS) is 17.8. The summed E-state index contributed by atoms with van der Waals surface area (Å²) in [5.74, 6) is 2.22. The second kappa shape index (κ2) is 7.88. The minimum atomic E-state index is 0.529. The lowest BCUT2D eigenvalue weighted by atomic mass is 9.91. The molecule has 1 atom stereocenters. The van der Waals surface area contributed by atoms with Crippen molar-refractivity contribution in [3.8, 4) is 0 Å². The molecule has 27 heavy (non-hydrogen) atoms. The van der Waals surface area contributed by atoms with Gasteiger partial charge < -0.3 is 5.32 Å². The van der Waals surface area contributed by atoms with Crippen molar-refractivity contribution >= 4 is 11.6 Å². The van der Waals surface area contributed by atoms with E-state index in [4.69, 9.17) is 0 Å². The van der Waals surface area contributed by atoms with Gasteiger partial charge >= 0.3 is 0 Å². The van der Waals surface area contributed by atoms with Gasteiger partial charge in [-0.15, -0.1) is 0 Å². The molecule has 1 N–H and O–H groups in total. The number of piperidine rings is 1. The Balaban J connectivity index is 1.45. The SMILES string of the molecule is Cc1cccc(Nc2cc(C3CCCN(Cc4ccnn4C)C3)ccn2)n1. The lowest BCUT2D eigenvalue weighted by molar-refractivity contribution is 0.196. The Labute approximate surface area is 160 Å². The van der Waals surface area contributed by atoms with Crippen molar-refractivity contribution in [1.82, 2.24) is 24.6 Å². The topological polar surface area (TPSA) is 58.9 Å². The molecule has 6 nitrogen and oxygen atoms in total. The fourth-order valence-electron chi connectivity index (χ4n) is 3.77. The van der Waals surface area contributed by atoms with Crippen molar-refractivity contribution in [2.45, 2.75) is 32.2 Å². The minimum absolute atomic E-state index is 0.529. The third-order valence-electron chi connectivity index (χ3n) is 5.21. The van der Waals surface area contributed by atoms with Gasteiger partial charge in [0.2, 0.25) is 0 Å². The van der Waals surface area contributed by atoms with Crippen LogP contribution in [-0.4, -0.2) is 37.7 Å². The number of aromatic nitrogens is 4. The van der Waals surface area contributed by atoms with Gasteiger partial charge in [-0.25, -0.2) is 9.97 Å². The van der Waals surface area contributed by atoms with Gasteiger partial charge in [0.25, 0.3) is 0 Å². The smallest absolute Gasteiger partial charge is 0.131 e. The van der Waals surface area contributed by atoms with Crippen LogP contribution >= 0.6 is 0 Å². The first-order chi connectivity index (χ1) is 13.2. The molecule has 0 spiro atoms. The van der Waals surface area contributed by atoms with Crippen molar-refractivity contribution in [2.75, 3.05) is 18.4 Å². The Morgan fingerprint density at radius 3 is 2.89 bits per heavy atom. The molecule has 3 aromatic rings. The first kappa shape index (κ1) is 17.7. The molecule has 1 aliphatic rings. The quantitative estimate of drug-likeness (QED) is 0.751. The van der Waals surface area contributed by atoms with Gasteiger partial charge in [-0.1, -0.05) is 6.07 Å². The van der Waals surface area contributed by atoms with Crippen LogP contribution < -0.4 is 5.32 Å². The Morgan fingerprint density at radius 2 is 2.07 bits per heavy atom. The molecule has 0 aromatic carbocycles. The summed E-state index contributed by atoms with van der Waals surface area (Å²) < 4.78 is 1.97. The summed E-state index contributed by atoms with van der Waals surface area (Å²) in [6.45, 7) is 5.16. The molecular formula is C21H26N6. The van der Waals surface area contributed by atoms with Gasteiger partial charge in [-0.2, -0.15) is 5.10 Å². The van der Waals surface area contributed by atoms with E-state index >= 15 is 0 Å². The number of nitrogens with one attached hydrogen (secondary N) is 1. The molecule has 3 aromatic heterocycles. The fraction of sp³-hybridized carbons (Fsp3) is 0.381. The molecule has 4 rings (SSSR count). The van der Waals surface area contributed by atoms with Crippen LogP contribution in [0.1, 0.15) is 35.7 Å². The van der Waals surface area contributed by atoms with Crippen molar-refractivity contribution < 1.29 is 0 Å². The van der Waals surface area contributed by atoms with Gasteiger partial charge in [0.15, 0.2) is 0 Å². The van der Waals surface area contributed by atoms with Crippen LogP contribution in [-0.2, 0) is 13.6 Å². The van der Waals surface area contributed by atoms with Gasteiger partial charge in [0, 0.05) is 38.2 Å². The zero-order valence-corrected chi connectivity index (χ0v) is 16.0. The highest BCUT2D eigenvalue weighted by molar-refractivity contribution is 5.52. The van der Waals surface area contributed by atoms with Crippen LogP contribution in [0.3, 0.4) is 0 Å². The zero-order valence-electron chi connectivity index (χ0n) is 16.0. The summed E-state index contributed by atoms with van der Waals surface area (Å²) in [6.07, 6.45) is 6.20. The molecule has 1 aliphatic heterocycles. The monoisotopic (exact) mass is 362 g/mol. The number of hydrogen-bond donors (Lipinski definition) is 1. The number of likely N-dealkylation sites (tertiary alicyclic amines) is 1. The molecule has 1 unspecified atom stereocenters. The van der Waals surface area contributed by atoms with Crippen LogP contribution in [0, 0.1) is 6.92 Å². The van der Waals surface area contributed by atoms with E-state index in [-0.39, 0.29) is 0 Å². The Hall–Kier alpha value is -2.73. The maximum Gasteiger partial charge on any atom is 0.131 e. The third-order valence-corrected chi connectivity index (χ3v) is 5.21. The maximum atomic E-state index is 4.51. The molecule has 140 valence electrons. The van der Waals surface area contributed by atoms with E-state index in [1.165, 1.54) is 24.1 Å². The summed E-state index contributed by atoms with van der Waals surface area (Å²) in [6, 6.07) is 12.4. The Bertz CT molecular complexity index is 903. The summed E-state index contributed by atoms with van der Waals surface area (Å²) in [7, 11) is 2.01. The number of anilines is 2. The number of aryl methyl sites for hydroxylation is 2. The van der Waals surface area contributed by atoms with Crippen molar-refractivity contribution in [1.29, 1.82) is 0 Å².